The van der Waals surface area contributed by atoms with Crippen molar-refractivity contribution in [1.29, 1.82) is 0 Å². The number of amides is 5. The lowest BCUT2D eigenvalue weighted by molar-refractivity contribution is -0.136. The predicted octanol–water partition coefficient (Wildman–Crippen LogP) is 8.03. The molecule has 0 aliphatic carbocycles. The van der Waals surface area contributed by atoms with E-state index >= 15 is 8.78 Å². The van der Waals surface area contributed by atoms with Crippen molar-refractivity contribution < 1.29 is 42.2 Å². The highest BCUT2D eigenvalue weighted by molar-refractivity contribution is 6.23. The molecular formula is C59H63F2N9O7. The van der Waals surface area contributed by atoms with Crippen molar-refractivity contribution in [3.63, 3.8) is 0 Å². The average molecular weight is 1050 g/mol. The van der Waals surface area contributed by atoms with Crippen LogP contribution in [-0.2, 0) is 20.7 Å². The van der Waals surface area contributed by atoms with E-state index in [-0.39, 0.29) is 78.6 Å². The second-order valence-corrected chi connectivity index (χ2v) is 21.8. The molecule has 11 rings (SSSR count). The Labute approximate surface area is 445 Å². The topological polar surface area (TPSA) is 180 Å². The van der Waals surface area contributed by atoms with Crippen LogP contribution < -0.4 is 20.3 Å². The van der Waals surface area contributed by atoms with Gasteiger partial charge in [0.1, 0.15) is 42.1 Å². The quantitative estimate of drug-likeness (QED) is 0.0373. The maximum absolute atomic E-state index is 17.2. The molecule has 2 bridgehead atoms. The molecule has 2 N–H and O–H groups in total. The number of pyridine rings is 1. The number of hydrogen-bond donors (Lipinski definition) is 2. The first kappa shape index (κ1) is 51.7. The third kappa shape index (κ3) is 10.1. The summed E-state index contributed by atoms with van der Waals surface area (Å²) in [5, 5.41) is 7.40. The number of aryl methyl sites for hydroxylation is 1. The fourth-order valence-electron chi connectivity index (χ4n) is 12.7. The van der Waals surface area contributed by atoms with Crippen molar-refractivity contribution in [2.45, 2.75) is 126 Å². The molecule has 8 heterocycles. The second-order valence-electron chi connectivity index (χ2n) is 21.8. The summed E-state index contributed by atoms with van der Waals surface area (Å²) in [6.07, 6.45) is 19.2. The second kappa shape index (κ2) is 21.6. The van der Waals surface area contributed by atoms with Crippen LogP contribution >= 0.6 is 0 Å². The highest BCUT2D eigenvalue weighted by Gasteiger charge is 2.52. The van der Waals surface area contributed by atoms with Gasteiger partial charge in [-0.2, -0.15) is 9.97 Å². The van der Waals surface area contributed by atoms with Crippen molar-refractivity contribution in [3.05, 3.63) is 101 Å². The van der Waals surface area contributed by atoms with Gasteiger partial charge in [0, 0.05) is 74.9 Å². The normalized spacial score (nSPS) is 23.0. The Kier molecular flexibility index (Phi) is 14.5. The molecule has 77 heavy (non-hydrogen) atoms. The van der Waals surface area contributed by atoms with Crippen molar-refractivity contribution >= 4 is 57.2 Å². The molecule has 5 fully saturated rings. The monoisotopic (exact) mass is 1050 g/mol. The minimum Gasteiger partial charge on any atom is -0.461 e. The van der Waals surface area contributed by atoms with Gasteiger partial charge in [0.15, 0.2) is 5.82 Å². The number of terminal acetylenes is 1. The number of benzene rings is 3. The predicted molar refractivity (Wildman–Crippen MR) is 285 cm³/mol. The lowest BCUT2D eigenvalue weighted by Crippen LogP contribution is -2.54. The number of imide groups is 2. The van der Waals surface area contributed by atoms with Gasteiger partial charge < -0.3 is 24.6 Å². The van der Waals surface area contributed by atoms with Crippen LogP contribution in [0.1, 0.15) is 122 Å². The fraction of sp³-hybridized carbons (Fsp3) is 0.458. The van der Waals surface area contributed by atoms with E-state index < -0.39 is 46.8 Å². The van der Waals surface area contributed by atoms with E-state index in [0.717, 1.165) is 93.1 Å². The van der Waals surface area contributed by atoms with Crippen LogP contribution in [0.3, 0.4) is 0 Å². The molecule has 5 amide bonds. The van der Waals surface area contributed by atoms with Crippen LogP contribution in [0.2, 0.25) is 0 Å². The molecule has 18 heteroatoms. The van der Waals surface area contributed by atoms with Crippen molar-refractivity contribution in [2.75, 3.05) is 51.3 Å². The number of aromatic nitrogens is 3. The zero-order valence-electron chi connectivity index (χ0n) is 43.4. The number of piperidine rings is 1. The number of unbranched alkanes of at least 4 members (excludes halogenated alkanes) is 6. The van der Waals surface area contributed by atoms with Gasteiger partial charge in [-0.25, -0.2) is 13.6 Å². The van der Waals surface area contributed by atoms with Gasteiger partial charge in [-0.05, 0) is 86.9 Å². The molecule has 0 spiro atoms. The third-order valence-corrected chi connectivity index (χ3v) is 16.7. The van der Waals surface area contributed by atoms with Crippen LogP contribution in [0.25, 0.3) is 32.9 Å². The van der Waals surface area contributed by atoms with Gasteiger partial charge in [0.25, 0.3) is 11.8 Å². The average Bonchev–Trinajstić information content (AvgIpc) is 4.21. The highest BCUT2D eigenvalue weighted by atomic mass is 19.1. The van der Waals surface area contributed by atoms with E-state index in [1.54, 1.807) is 54.5 Å². The molecule has 5 atom stereocenters. The Balaban J connectivity index is 0.662. The van der Waals surface area contributed by atoms with Crippen LogP contribution in [0.15, 0.2) is 66.9 Å². The molecular weight excluding hydrogens is 985 g/mol. The Bertz CT molecular complexity index is 3260. The molecule has 3 aromatic carbocycles. The highest BCUT2D eigenvalue weighted by Crippen LogP contribution is 2.45. The lowest BCUT2D eigenvalue weighted by Gasteiger charge is -2.35. The molecule has 0 radical (unpaired) electrons. The number of carbonyl (C=O) groups excluding carboxylic acids is 5. The molecule has 5 aromatic rings. The van der Waals surface area contributed by atoms with E-state index in [1.807, 2.05) is 6.07 Å². The Hall–Kier alpha value is -7.36. The van der Waals surface area contributed by atoms with E-state index in [4.69, 9.17) is 25.9 Å². The minimum atomic E-state index is -0.980. The number of rotatable bonds is 18. The number of halogens is 2. The SMILES string of the molecule is C#Cc1c(F)ccc2cccc(-c3ncc4c(N5CC6CCC(C5)N6)nc(OC[C@@]56CC[C@@H](COC(=O)N(C)CCCCCCCCCc7ccc8c(c7)C(=O)N(C7CCC(=O)NC7=O)C8=O)N5CC(=C)C6)nc4c3F)c12. The van der Waals surface area contributed by atoms with Crippen molar-refractivity contribution in [1.82, 2.24) is 40.3 Å². The van der Waals surface area contributed by atoms with E-state index in [2.05, 4.69) is 37.9 Å². The number of nitrogens with one attached hydrogen (secondary N) is 2. The summed E-state index contributed by atoms with van der Waals surface area (Å²) in [5.41, 5.74) is 2.60. The van der Waals surface area contributed by atoms with Crippen LogP contribution in [0.5, 0.6) is 6.01 Å². The minimum absolute atomic E-state index is 0.00226. The zero-order valence-corrected chi connectivity index (χ0v) is 43.4. The smallest absolute Gasteiger partial charge is 0.409 e. The zero-order chi connectivity index (χ0) is 53.5. The Morgan fingerprint density at radius 1 is 0.922 bits per heavy atom. The number of anilines is 1. The molecule has 0 saturated carbocycles. The standard InChI is InChI=1S/C59H63F2N9O7/c1-4-41-46(60)21-17-37-14-12-15-43(49(37)41)51-50(61)52-45(29-62-51)53(68-31-38-18-19-39(32-68)63-38)66-57(65-52)77-34-59-25-24-40(69(59)30-35(2)28-59)33-76-58(75)67(3)26-11-9-7-5-6-8-10-13-36-16-20-42-44(27-36)56(74)70(55(42)73)47-22-23-48(71)64-54(47)72/h1,12,14-17,20-21,27,29,38-40,47,63H,2,5-11,13,18-19,22-26,28,30-34H2,3H3,(H,64,71,72)/t38?,39?,40-,47?,59-/m0/s1. The van der Waals surface area contributed by atoms with Gasteiger partial charge >= 0.3 is 12.1 Å². The maximum atomic E-state index is 17.2. The summed E-state index contributed by atoms with van der Waals surface area (Å²) < 4.78 is 44.8. The first-order valence-corrected chi connectivity index (χ1v) is 27.1. The maximum Gasteiger partial charge on any atom is 0.409 e. The molecule has 16 nitrogen and oxygen atoms in total. The summed E-state index contributed by atoms with van der Waals surface area (Å²) in [4.78, 5) is 85.0. The number of piperazine rings is 1. The third-order valence-electron chi connectivity index (χ3n) is 16.7. The summed E-state index contributed by atoms with van der Waals surface area (Å²) in [5.74, 6) is -0.266. The van der Waals surface area contributed by atoms with Gasteiger partial charge in [-0.3, -0.25) is 39.3 Å². The van der Waals surface area contributed by atoms with Gasteiger partial charge in [-0.1, -0.05) is 80.5 Å². The fourth-order valence-corrected chi connectivity index (χ4v) is 12.7. The largest absolute Gasteiger partial charge is 0.461 e. The van der Waals surface area contributed by atoms with Crippen molar-refractivity contribution in [3.8, 4) is 29.6 Å². The molecule has 6 aliphatic heterocycles. The van der Waals surface area contributed by atoms with Crippen LogP contribution in [0, 0.1) is 24.0 Å². The summed E-state index contributed by atoms with van der Waals surface area (Å²) in [6.45, 7) is 7.37. The first-order chi connectivity index (χ1) is 37.3. The summed E-state index contributed by atoms with van der Waals surface area (Å²) >= 11 is 0. The Morgan fingerprint density at radius 2 is 1.69 bits per heavy atom. The van der Waals surface area contributed by atoms with Crippen LogP contribution in [-0.4, -0.2) is 136 Å². The van der Waals surface area contributed by atoms with Gasteiger partial charge in [-0.15, -0.1) is 6.42 Å². The molecule has 2 aromatic heterocycles. The molecule has 400 valence electrons. The number of fused-ring (bicyclic) bond motifs is 6. The lowest BCUT2D eigenvalue weighted by atomic mass is 9.94. The number of nitrogens with zero attached hydrogens (tertiary/aromatic N) is 7. The first-order valence-electron chi connectivity index (χ1n) is 27.1. The number of carbonyl (C=O) groups is 5. The van der Waals surface area contributed by atoms with Crippen LogP contribution in [0.4, 0.5) is 19.4 Å². The Morgan fingerprint density at radius 3 is 2.47 bits per heavy atom. The van der Waals surface area contributed by atoms with E-state index in [1.165, 1.54) is 6.07 Å². The number of ether oxygens (including phenoxy) is 2. The summed E-state index contributed by atoms with van der Waals surface area (Å²) in [6, 6.07) is 13.0. The van der Waals surface area contributed by atoms with Gasteiger partial charge in [0.2, 0.25) is 11.8 Å². The van der Waals surface area contributed by atoms with Gasteiger partial charge in [0.05, 0.1) is 27.6 Å². The molecule has 6 aliphatic rings. The molecule has 5 saturated heterocycles. The van der Waals surface area contributed by atoms with E-state index in [0.29, 0.717) is 65.7 Å². The number of hydrogen-bond acceptors (Lipinski definition) is 13. The molecule has 3 unspecified atom stereocenters. The van der Waals surface area contributed by atoms with E-state index in [9.17, 15) is 24.0 Å². The van der Waals surface area contributed by atoms with Crippen molar-refractivity contribution in [2.24, 2.45) is 0 Å². The summed E-state index contributed by atoms with van der Waals surface area (Å²) in [7, 11) is 1.77.